The van der Waals surface area contributed by atoms with Gasteiger partial charge in [-0.3, -0.25) is 4.98 Å². The van der Waals surface area contributed by atoms with Crippen molar-refractivity contribution < 1.29 is 0 Å². The van der Waals surface area contributed by atoms with Crippen molar-refractivity contribution in [1.29, 1.82) is 0 Å². The second-order valence-corrected chi connectivity index (χ2v) is 4.34. The van der Waals surface area contributed by atoms with Gasteiger partial charge in [-0.1, -0.05) is 0 Å². The van der Waals surface area contributed by atoms with Crippen LogP contribution in [0.2, 0.25) is 0 Å². The second kappa shape index (κ2) is 4.97. The molecule has 19 heavy (non-hydrogen) atoms. The van der Waals surface area contributed by atoms with Crippen molar-refractivity contribution in [1.82, 2.24) is 15.0 Å². The van der Waals surface area contributed by atoms with E-state index in [9.17, 15) is 0 Å². The number of nitrogens with one attached hydrogen (secondary N) is 2. The fourth-order valence-corrected chi connectivity index (χ4v) is 2.12. The Morgan fingerprint density at radius 3 is 2.95 bits per heavy atom. The number of pyridine rings is 1. The zero-order valence-corrected chi connectivity index (χ0v) is 10.4. The van der Waals surface area contributed by atoms with Crippen LogP contribution in [0.3, 0.4) is 0 Å². The fraction of sp³-hybridized carbons (Fsp3) is 0.143. The Morgan fingerprint density at radius 1 is 1.16 bits per heavy atom. The van der Waals surface area contributed by atoms with Crippen molar-refractivity contribution in [2.45, 2.75) is 6.42 Å². The van der Waals surface area contributed by atoms with Crippen molar-refractivity contribution in [2.24, 2.45) is 0 Å². The van der Waals surface area contributed by atoms with Crippen LogP contribution in [0.25, 0.3) is 10.8 Å². The Morgan fingerprint density at radius 2 is 2.11 bits per heavy atom. The van der Waals surface area contributed by atoms with Crippen molar-refractivity contribution in [3.63, 3.8) is 0 Å². The molecular formula is C14H15N5. The van der Waals surface area contributed by atoms with Gasteiger partial charge < -0.3 is 16.0 Å². The molecule has 0 saturated heterocycles. The molecule has 0 bridgehead atoms. The number of hydrogen-bond acceptors (Lipinski definition) is 4. The molecule has 0 saturated carbocycles. The van der Waals surface area contributed by atoms with Crippen LogP contribution in [0.5, 0.6) is 0 Å². The molecule has 0 radical (unpaired) electrons. The molecule has 0 aliphatic carbocycles. The summed E-state index contributed by atoms with van der Waals surface area (Å²) in [4.78, 5) is 11.4. The molecule has 3 rings (SSSR count). The predicted molar refractivity (Wildman–Crippen MR) is 76.9 cm³/mol. The van der Waals surface area contributed by atoms with E-state index in [1.165, 1.54) is 0 Å². The maximum atomic E-state index is 5.96. The molecule has 96 valence electrons. The summed E-state index contributed by atoms with van der Waals surface area (Å²) in [6, 6.07) is 5.83. The van der Waals surface area contributed by atoms with E-state index < -0.39 is 0 Å². The Labute approximate surface area is 110 Å². The van der Waals surface area contributed by atoms with E-state index in [-0.39, 0.29) is 0 Å². The third-order valence-electron chi connectivity index (χ3n) is 3.08. The van der Waals surface area contributed by atoms with Crippen LogP contribution < -0.4 is 11.1 Å². The number of nitrogens with two attached hydrogens (primary N) is 1. The molecule has 0 spiro atoms. The van der Waals surface area contributed by atoms with E-state index in [1.54, 1.807) is 12.4 Å². The highest BCUT2D eigenvalue weighted by Gasteiger charge is 2.03. The van der Waals surface area contributed by atoms with Crippen LogP contribution in [-0.4, -0.2) is 21.5 Å². The van der Waals surface area contributed by atoms with Crippen LogP contribution in [-0.2, 0) is 6.42 Å². The molecular weight excluding hydrogens is 238 g/mol. The van der Waals surface area contributed by atoms with Crippen molar-refractivity contribution >= 4 is 22.1 Å². The quantitative estimate of drug-likeness (QED) is 0.623. The lowest BCUT2D eigenvalue weighted by atomic mass is 10.1. The van der Waals surface area contributed by atoms with Gasteiger partial charge in [-0.25, -0.2) is 4.98 Å². The number of aromatic nitrogens is 3. The number of fused-ring (bicyclic) bond motifs is 1. The zero-order valence-electron chi connectivity index (χ0n) is 10.4. The Hall–Kier alpha value is -2.56. The van der Waals surface area contributed by atoms with Crippen molar-refractivity contribution in [3.05, 3.63) is 48.8 Å². The van der Waals surface area contributed by atoms with Gasteiger partial charge in [0.05, 0.1) is 0 Å². The Bertz CT molecular complexity index is 675. The average molecular weight is 253 g/mol. The first kappa shape index (κ1) is 11.5. The van der Waals surface area contributed by atoms with E-state index in [1.807, 2.05) is 30.6 Å². The first-order valence-electron chi connectivity index (χ1n) is 6.19. The summed E-state index contributed by atoms with van der Waals surface area (Å²) in [6.07, 6.45) is 8.03. The highest BCUT2D eigenvalue weighted by atomic mass is 14.9. The number of imidazole rings is 1. The van der Waals surface area contributed by atoms with Gasteiger partial charge in [-0.05, 0) is 18.2 Å². The summed E-state index contributed by atoms with van der Waals surface area (Å²) < 4.78 is 0. The van der Waals surface area contributed by atoms with Crippen LogP contribution in [0.4, 0.5) is 11.4 Å². The molecule has 5 nitrogen and oxygen atoms in total. The van der Waals surface area contributed by atoms with Gasteiger partial charge in [0.2, 0.25) is 0 Å². The number of nitrogen functional groups attached to an aromatic ring is 1. The molecule has 0 fully saturated rings. The SMILES string of the molecule is Nc1ccc(NCCc2ncc[nH]2)c2cnccc12. The molecule has 0 amide bonds. The van der Waals surface area contributed by atoms with Gasteiger partial charge >= 0.3 is 0 Å². The molecule has 0 aliphatic heterocycles. The number of nitrogens with zero attached hydrogens (tertiary/aromatic N) is 2. The first-order valence-corrected chi connectivity index (χ1v) is 6.19. The highest BCUT2D eigenvalue weighted by molar-refractivity contribution is 6.00. The molecule has 0 atom stereocenters. The van der Waals surface area contributed by atoms with E-state index in [4.69, 9.17) is 5.73 Å². The van der Waals surface area contributed by atoms with Crippen molar-refractivity contribution in [3.8, 4) is 0 Å². The Balaban J connectivity index is 1.79. The van der Waals surface area contributed by atoms with Crippen molar-refractivity contribution in [2.75, 3.05) is 17.6 Å². The number of aromatic amines is 1. The summed E-state index contributed by atoms with van der Waals surface area (Å²) in [5, 5.41) is 5.47. The van der Waals surface area contributed by atoms with Crippen LogP contribution >= 0.6 is 0 Å². The number of H-pyrrole nitrogens is 1. The van der Waals surface area contributed by atoms with Gasteiger partial charge in [0, 0.05) is 59.9 Å². The summed E-state index contributed by atoms with van der Waals surface area (Å²) >= 11 is 0. The summed E-state index contributed by atoms with van der Waals surface area (Å²) in [7, 11) is 0. The third-order valence-corrected chi connectivity index (χ3v) is 3.08. The van der Waals surface area contributed by atoms with Gasteiger partial charge in [-0.15, -0.1) is 0 Å². The summed E-state index contributed by atoms with van der Waals surface area (Å²) in [5.41, 5.74) is 7.78. The van der Waals surface area contributed by atoms with Gasteiger partial charge in [0.25, 0.3) is 0 Å². The van der Waals surface area contributed by atoms with Gasteiger partial charge in [0.1, 0.15) is 5.82 Å². The molecule has 2 aromatic heterocycles. The topological polar surface area (TPSA) is 79.6 Å². The monoisotopic (exact) mass is 253 g/mol. The first-order chi connectivity index (χ1) is 9.34. The molecule has 5 heteroatoms. The maximum absolute atomic E-state index is 5.96. The minimum Gasteiger partial charge on any atom is -0.398 e. The minimum absolute atomic E-state index is 0.772. The van der Waals surface area contributed by atoms with E-state index >= 15 is 0 Å². The molecule has 2 heterocycles. The number of hydrogen-bond donors (Lipinski definition) is 3. The van der Waals surface area contributed by atoms with Crippen LogP contribution in [0, 0.1) is 0 Å². The smallest absolute Gasteiger partial charge is 0.107 e. The minimum atomic E-state index is 0.772. The lowest BCUT2D eigenvalue weighted by Gasteiger charge is -2.10. The third kappa shape index (κ3) is 2.35. The van der Waals surface area contributed by atoms with E-state index in [0.717, 1.165) is 40.9 Å². The predicted octanol–water partition coefficient (Wildman–Crippen LogP) is 2.19. The fourth-order valence-electron chi connectivity index (χ4n) is 2.12. The molecule has 0 unspecified atom stereocenters. The summed E-state index contributed by atoms with van der Waals surface area (Å²) in [6.45, 7) is 0.807. The average Bonchev–Trinajstić information content (AvgIpc) is 2.95. The second-order valence-electron chi connectivity index (χ2n) is 4.34. The zero-order chi connectivity index (χ0) is 13.1. The maximum Gasteiger partial charge on any atom is 0.107 e. The highest BCUT2D eigenvalue weighted by Crippen LogP contribution is 2.27. The largest absolute Gasteiger partial charge is 0.398 e. The molecule has 0 aliphatic rings. The van der Waals surface area contributed by atoms with Gasteiger partial charge in [-0.2, -0.15) is 0 Å². The number of rotatable bonds is 4. The lowest BCUT2D eigenvalue weighted by molar-refractivity contribution is 0.928. The lowest BCUT2D eigenvalue weighted by Crippen LogP contribution is -2.06. The van der Waals surface area contributed by atoms with E-state index in [2.05, 4.69) is 20.3 Å². The molecule has 3 aromatic rings. The van der Waals surface area contributed by atoms with Crippen LogP contribution in [0.15, 0.2) is 43.0 Å². The molecule has 1 aromatic carbocycles. The molecule has 4 N–H and O–H groups in total. The number of benzene rings is 1. The standard InChI is InChI=1S/C14H15N5/c15-12-1-2-13(11-9-16-5-3-10(11)12)17-6-4-14-18-7-8-19-14/h1-3,5,7-9,17H,4,6,15H2,(H,18,19). The summed E-state index contributed by atoms with van der Waals surface area (Å²) in [5.74, 6) is 0.977. The van der Waals surface area contributed by atoms with E-state index in [0.29, 0.717) is 0 Å². The number of anilines is 2. The Kier molecular flexibility index (Phi) is 3.02. The van der Waals surface area contributed by atoms with Crippen LogP contribution in [0.1, 0.15) is 5.82 Å². The van der Waals surface area contributed by atoms with Gasteiger partial charge in [0.15, 0.2) is 0 Å². The normalized spacial score (nSPS) is 10.7.